The molecule has 0 aliphatic rings. The molecule has 0 fully saturated rings. The van der Waals surface area contributed by atoms with Crippen molar-refractivity contribution in [1.29, 1.82) is 0 Å². The van der Waals surface area contributed by atoms with Crippen LogP contribution < -0.4 is 14.8 Å². The molecule has 0 bridgehead atoms. The summed E-state index contributed by atoms with van der Waals surface area (Å²) in [6.07, 6.45) is 0.940. The van der Waals surface area contributed by atoms with E-state index in [1.54, 1.807) is 6.07 Å². The lowest BCUT2D eigenvalue weighted by Crippen LogP contribution is -2.29. The van der Waals surface area contributed by atoms with Gasteiger partial charge in [0.2, 0.25) is 5.91 Å². The van der Waals surface area contributed by atoms with E-state index in [1.165, 1.54) is 26.4 Å². The molecule has 0 heterocycles. The lowest BCUT2D eigenvalue weighted by atomic mass is 10.1. The fourth-order valence-electron chi connectivity index (χ4n) is 2.44. The Morgan fingerprint density at radius 3 is 2.35 bits per heavy atom. The first kappa shape index (κ1) is 19.8. The highest BCUT2D eigenvalue weighted by Crippen LogP contribution is 2.29. The van der Waals surface area contributed by atoms with E-state index in [2.05, 4.69) is 5.32 Å². The van der Waals surface area contributed by atoms with Crippen LogP contribution in [0, 0.1) is 0 Å². The molecule has 0 radical (unpaired) electrons. The maximum atomic E-state index is 12.4. The first-order chi connectivity index (χ1) is 12.5. The lowest BCUT2D eigenvalue weighted by Gasteiger charge is -2.10. The van der Waals surface area contributed by atoms with Gasteiger partial charge in [-0.25, -0.2) is 8.42 Å². The first-order valence-corrected chi connectivity index (χ1v) is 9.87. The molecule has 26 heavy (non-hydrogen) atoms. The topological polar surface area (TPSA) is 81.7 Å². The van der Waals surface area contributed by atoms with Crippen LogP contribution in [0.5, 0.6) is 11.5 Å². The van der Waals surface area contributed by atoms with Crippen LogP contribution in [-0.2, 0) is 21.1 Å². The van der Waals surface area contributed by atoms with E-state index in [1.807, 2.05) is 30.3 Å². The van der Waals surface area contributed by atoms with E-state index in [9.17, 15) is 13.2 Å². The largest absolute Gasteiger partial charge is 0.493 e. The highest BCUT2D eigenvalue weighted by molar-refractivity contribution is 7.91. The molecule has 0 aliphatic heterocycles. The summed E-state index contributed by atoms with van der Waals surface area (Å²) in [6.45, 7) is 0.0598. The highest BCUT2D eigenvalue weighted by Gasteiger charge is 2.17. The molecule has 2 aromatic rings. The van der Waals surface area contributed by atoms with Gasteiger partial charge in [0.05, 0.1) is 24.9 Å². The van der Waals surface area contributed by atoms with Gasteiger partial charge >= 0.3 is 0 Å². The molecule has 6 nitrogen and oxygen atoms in total. The molecule has 1 N–H and O–H groups in total. The summed E-state index contributed by atoms with van der Waals surface area (Å²) in [4.78, 5) is 12.0. The number of amides is 1. The molecular formula is C19H23NO5S. The molecule has 2 rings (SSSR count). The number of carbonyl (C=O) groups excluding carboxylic acids is 1. The fraction of sp³-hybridized carbons (Fsp3) is 0.316. The Hall–Kier alpha value is -2.54. The number of rotatable bonds is 9. The standard InChI is InChI=1S/C19H23NO5S/c1-24-17-10-9-16(14-18(17)25-2)26(22,23)13-12-20-19(21)11-8-15-6-4-3-5-7-15/h3-7,9-10,14H,8,11-13H2,1-2H3,(H,20,21). The van der Waals surface area contributed by atoms with Crippen molar-refractivity contribution < 1.29 is 22.7 Å². The highest BCUT2D eigenvalue weighted by atomic mass is 32.2. The Kier molecular flexibility index (Phi) is 7.03. The summed E-state index contributed by atoms with van der Waals surface area (Å²) in [5.74, 6) is 0.456. The third-order valence-electron chi connectivity index (χ3n) is 3.89. The van der Waals surface area contributed by atoms with E-state index in [0.717, 1.165) is 5.56 Å². The Bertz CT molecular complexity index is 834. The minimum atomic E-state index is -3.53. The zero-order valence-corrected chi connectivity index (χ0v) is 15.7. The number of hydrogen-bond donors (Lipinski definition) is 1. The number of carbonyl (C=O) groups is 1. The van der Waals surface area contributed by atoms with Gasteiger partial charge in [-0.2, -0.15) is 0 Å². The van der Waals surface area contributed by atoms with Crippen LogP contribution >= 0.6 is 0 Å². The molecule has 0 spiro atoms. The van der Waals surface area contributed by atoms with Gasteiger partial charge < -0.3 is 14.8 Å². The molecule has 140 valence electrons. The van der Waals surface area contributed by atoms with E-state index in [0.29, 0.717) is 24.3 Å². The third-order valence-corrected chi connectivity index (χ3v) is 5.60. The van der Waals surface area contributed by atoms with Crippen molar-refractivity contribution in [3.8, 4) is 11.5 Å². The average Bonchev–Trinajstić information content (AvgIpc) is 2.66. The zero-order valence-electron chi connectivity index (χ0n) is 14.9. The molecular weight excluding hydrogens is 354 g/mol. The van der Waals surface area contributed by atoms with E-state index >= 15 is 0 Å². The van der Waals surface area contributed by atoms with Gasteiger partial charge in [0.1, 0.15) is 0 Å². The Morgan fingerprint density at radius 1 is 1.00 bits per heavy atom. The molecule has 0 atom stereocenters. The quantitative estimate of drug-likeness (QED) is 0.725. The van der Waals surface area contributed by atoms with Crippen molar-refractivity contribution in [2.24, 2.45) is 0 Å². The van der Waals surface area contributed by atoms with Gasteiger partial charge in [-0.05, 0) is 24.1 Å². The van der Waals surface area contributed by atoms with Crippen LogP contribution in [0.1, 0.15) is 12.0 Å². The summed E-state index contributed by atoms with van der Waals surface area (Å²) >= 11 is 0. The summed E-state index contributed by atoms with van der Waals surface area (Å²) in [5, 5.41) is 2.66. The molecule has 7 heteroatoms. The third kappa shape index (κ3) is 5.49. The summed E-state index contributed by atoms with van der Waals surface area (Å²) in [7, 11) is -0.602. The van der Waals surface area contributed by atoms with Crippen molar-refractivity contribution >= 4 is 15.7 Å². The first-order valence-electron chi connectivity index (χ1n) is 8.21. The van der Waals surface area contributed by atoms with Gasteiger partial charge in [0.15, 0.2) is 21.3 Å². The van der Waals surface area contributed by atoms with Gasteiger partial charge in [-0.1, -0.05) is 30.3 Å². The Balaban J connectivity index is 1.87. The molecule has 0 unspecified atom stereocenters. The molecule has 0 aliphatic carbocycles. The number of benzene rings is 2. The van der Waals surface area contributed by atoms with E-state index in [-0.39, 0.29) is 23.1 Å². The van der Waals surface area contributed by atoms with Gasteiger partial charge in [0, 0.05) is 19.0 Å². The summed E-state index contributed by atoms with van der Waals surface area (Å²) in [6, 6.07) is 14.1. The van der Waals surface area contributed by atoms with Gasteiger partial charge in [-0.15, -0.1) is 0 Å². The number of hydrogen-bond acceptors (Lipinski definition) is 5. The van der Waals surface area contributed by atoms with E-state index < -0.39 is 9.84 Å². The molecule has 2 aromatic carbocycles. The van der Waals surface area contributed by atoms with Gasteiger partial charge in [-0.3, -0.25) is 4.79 Å². The van der Waals surface area contributed by atoms with Crippen molar-refractivity contribution in [2.75, 3.05) is 26.5 Å². The monoisotopic (exact) mass is 377 g/mol. The predicted octanol–water partition coefficient (Wildman–Crippen LogP) is 2.23. The zero-order chi connectivity index (χ0) is 19.0. The second kappa shape index (κ2) is 9.24. The van der Waals surface area contributed by atoms with Gasteiger partial charge in [0.25, 0.3) is 0 Å². The number of methoxy groups -OCH3 is 2. The minimum absolute atomic E-state index is 0.0598. The maximum absolute atomic E-state index is 12.4. The van der Waals surface area contributed by atoms with Crippen molar-refractivity contribution in [3.63, 3.8) is 0 Å². The predicted molar refractivity (Wildman–Crippen MR) is 99.4 cm³/mol. The summed E-state index contributed by atoms with van der Waals surface area (Å²) in [5.41, 5.74) is 1.07. The van der Waals surface area contributed by atoms with Crippen molar-refractivity contribution in [3.05, 3.63) is 54.1 Å². The minimum Gasteiger partial charge on any atom is -0.493 e. The lowest BCUT2D eigenvalue weighted by molar-refractivity contribution is -0.120. The number of nitrogens with one attached hydrogen (secondary N) is 1. The van der Waals surface area contributed by atoms with Crippen LogP contribution in [0.4, 0.5) is 0 Å². The normalized spacial score (nSPS) is 11.0. The van der Waals surface area contributed by atoms with E-state index in [4.69, 9.17) is 9.47 Å². The number of ether oxygens (including phenoxy) is 2. The maximum Gasteiger partial charge on any atom is 0.220 e. The second-order valence-corrected chi connectivity index (χ2v) is 7.78. The molecule has 0 saturated carbocycles. The molecule has 0 aromatic heterocycles. The fourth-order valence-corrected chi connectivity index (χ4v) is 3.61. The Labute approximate surface area is 154 Å². The van der Waals surface area contributed by atoms with Crippen LogP contribution in [0.15, 0.2) is 53.4 Å². The van der Waals surface area contributed by atoms with Crippen LogP contribution in [-0.4, -0.2) is 40.8 Å². The molecule has 0 saturated heterocycles. The van der Waals surface area contributed by atoms with Crippen molar-refractivity contribution in [2.45, 2.75) is 17.7 Å². The number of sulfone groups is 1. The summed E-state index contributed by atoms with van der Waals surface area (Å²) < 4.78 is 35.1. The smallest absolute Gasteiger partial charge is 0.220 e. The Morgan fingerprint density at radius 2 is 1.69 bits per heavy atom. The van der Waals surface area contributed by atoms with Crippen LogP contribution in [0.25, 0.3) is 0 Å². The van der Waals surface area contributed by atoms with Crippen LogP contribution in [0.2, 0.25) is 0 Å². The average molecular weight is 377 g/mol. The second-order valence-electron chi connectivity index (χ2n) is 5.67. The SMILES string of the molecule is COc1ccc(S(=O)(=O)CCNC(=O)CCc2ccccc2)cc1OC. The molecule has 1 amide bonds. The van der Waals surface area contributed by atoms with Crippen LogP contribution in [0.3, 0.4) is 0 Å². The number of aryl methyl sites for hydroxylation is 1. The van der Waals surface area contributed by atoms with Crippen molar-refractivity contribution in [1.82, 2.24) is 5.32 Å².